The third-order valence-electron chi connectivity index (χ3n) is 6.42. The molecule has 0 unspecified atom stereocenters. The number of benzene rings is 2. The van der Waals surface area contributed by atoms with Gasteiger partial charge in [-0.25, -0.2) is 4.98 Å². The Bertz CT molecular complexity index is 1490. The van der Waals surface area contributed by atoms with Gasteiger partial charge in [0.15, 0.2) is 0 Å². The summed E-state index contributed by atoms with van der Waals surface area (Å²) in [6.45, 7) is 1.52. The van der Waals surface area contributed by atoms with E-state index < -0.39 is 0 Å². The molecule has 0 spiro atoms. The minimum absolute atomic E-state index is 0.0141. The molecule has 1 amide bonds. The SMILES string of the molecule is N#Cc1c(N2CCC[C@H](N)C2)n(Cc2ccccc2)c2c(=O)n(CC(=O)Nc3ccccc3)cnc12. The van der Waals surface area contributed by atoms with Crippen molar-refractivity contribution >= 4 is 28.4 Å². The number of rotatable bonds is 6. The Morgan fingerprint density at radius 1 is 1.14 bits per heavy atom. The van der Waals surface area contributed by atoms with E-state index in [0.29, 0.717) is 41.2 Å². The summed E-state index contributed by atoms with van der Waals surface area (Å²) in [5.74, 6) is 0.316. The Morgan fingerprint density at radius 3 is 2.56 bits per heavy atom. The maximum Gasteiger partial charge on any atom is 0.278 e. The second kappa shape index (κ2) is 10.1. The molecule has 182 valence electrons. The van der Waals surface area contributed by atoms with Crippen LogP contribution < -0.4 is 21.5 Å². The number of nitriles is 1. The topological polar surface area (TPSA) is 122 Å². The maximum absolute atomic E-state index is 13.7. The van der Waals surface area contributed by atoms with Gasteiger partial charge in [-0.3, -0.25) is 14.2 Å². The predicted octanol–water partition coefficient (Wildman–Crippen LogP) is 2.68. The molecule has 4 aromatic rings. The van der Waals surface area contributed by atoms with Crippen molar-refractivity contribution in [2.75, 3.05) is 23.3 Å². The van der Waals surface area contributed by atoms with Crippen molar-refractivity contribution in [2.45, 2.75) is 32.0 Å². The van der Waals surface area contributed by atoms with Gasteiger partial charge in [0.05, 0.1) is 6.33 Å². The van der Waals surface area contributed by atoms with Gasteiger partial charge in [-0.2, -0.15) is 5.26 Å². The highest BCUT2D eigenvalue weighted by molar-refractivity contribution is 5.92. The quantitative estimate of drug-likeness (QED) is 0.437. The largest absolute Gasteiger partial charge is 0.355 e. The lowest BCUT2D eigenvalue weighted by Gasteiger charge is -2.33. The number of nitrogens with zero attached hydrogens (tertiary/aromatic N) is 5. The molecule has 9 nitrogen and oxygen atoms in total. The van der Waals surface area contributed by atoms with Crippen LogP contribution in [-0.4, -0.2) is 39.2 Å². The van der Waals surface area contributed by atoms with E-state index in [9.17, 15) is 14.9 Å². The molecule has 3 heterocycles. The van der Waals surface area contributed by atoms with Gasteiger partial charge in [-0.15, -0.1) is 0 Å². The summed E-state index contributed by atoms with van der Waals surface area (Å²) in [4.78, 5) is 33.0. The van der Waals surface area contributed by atoms with Gasteiger partial charge < -0.3 is 20.5 Å². The number of nitrogens with two attached hydrogens (primary N) is 1. The zero-order valence-electron chi connectivity index (χ0n) is 19.8. The molecule has 9 heteroatoms. The van der Waals surface area contributed by atoms with E-state index in [1.807, 2.05) is 53.1 Å². The zero-order valence-corrected chi connectivity index (χ0v) is 19.8. The van der Waals surface area contributed by atoms with Gasteiger partial charge in [-0.05, 0) is 30.5 Å². The fraction of sp³-hybridized carbons (Fsp3) is 0.259. The number of carbonyl (C=O) groups excluding carboxylic acids is 1. The highest BCUT2D eigenvalue weighted by Crippen LogP contribution is 2.32. The summed E-state index contributed by atoms with van der Waals surface area (Å²) >= 11 is 0. The summed E-state index contributed by atoms with van der Waals surface area (Å²) in [5, 5.41) is 12.9. The number of fused-ring (bicyclic) bond motifs is 1. The Hall–Kier alpha value is -4.42. The molecule has 2 aromatic heterocycles. The van der Waals surface area contributed by atoms with Crippen LogP contribution in [0.3, 0.4) is 0 Å². The molecule has 1 fully saturated rings. The number of para-hydroxylation sites is 1. The highest BCUT2D eigenvalue weighted by atomic mass is 16.2. The summed E-state index contributed by atoms with van der Waals surface area (Å²) in [6.07, 6.45) is 3.16. The van der Waals surface area contributed by atoms with Gasteiger partial charge in [0.25, 0.3) is 5.56 Å². The van der Waals surface area contributed by atoms with Crippen LogP contribution in [0.5, 0.6) is 0 Å². The van der Waals surface area contributed by atoms with Crippen molar-refractivity contribution in [1.29, 1.82) is 5.26 Å². The van der Waals surface area contributed by atoms with Crippen LogP contribution in [0.25, 0.3) is 11.0 Å². The fourth-order valence-corrected chi connectivity index (χ4v) is 4.79. The summed E-state index contributed by atoms with van der Waals surface area (Å²) in [5.41, 5.74) is 8.52. The summed E-state index contributed by atoms with van der Waals surface area (Å²) in [6, 6.07) is 21.1. The molecule has 1 aliphatic rings. The van der Waals surface area contributed by atoms with Crippen molar-refractivity contribution < 1.29 is 4.79 Å². The van der Waals surface area contributed by atoms with Crippen LogP contribution in [0.2, 0.25) is 0 Å². The Labute approximate surface area is 208 Å². The van der Waals surface area contributed by atoms with E-state index in [0.717, 1.165) is 24.9 Å². The first-order valence-electron chi connectivity index (χ1n) is 12.0. The molecule has 0 saturated carbocycles. The first kappa shape index (κ1) is 23.3. The molecule has 2 aromatic carbocycles. The smallest absolute Gasteiger partial charge is 0.278 e. The standard InChI is InChI=1S/C27H27N7O2/c28-14-22-24-25(27(36)33(18-30-24)17-23(35)31-21-11-5-2-6-12-21)34(15-19-8-3-1-4-9-19)26(22)32-13-7-10-20(29)16-32/h1-6,8-9,11-12,18,20H,7,10,13,15-17,29H2,(H,31,35)/t20-/m0/s1. The molecule has 1 atom stereocenters. The third-order valence-corrected chi connectivity index (χ3v) is 6.42. The molecular formula is C27H27N7O2. The van der Waals surface area contributed by atoms with Crippen molar-refractivity contribution in [2.24, 2.45) is 5.73 Å². The normalized spacial score (nSPS) is 15.6. The van der Waals surface area contributed by atoms with E-state index in [-0.39, 0.29) is 24.1 Å². The summed E-state index contributed by atoms with van der Waals surface area (Å²) in [7, 11) is 0. The van der Waals surface area contributed by atoms with Gasteiger partial charge in [0.2, 0.25) is 5.91 Å². The first-order chi connectivity index (χ1) is 17.5. The summed E-state index contributed by atoms with van der Waals surface area (Å²) < 4.78 is 3.15. The number of piperidine rings is 1. The Balaban J connectivity index is 1.61. The van der Waals surface area contributed by atoms with Crippen LogP contribution in [-0.2, 0) is 17.9 Å². The lowest BCUT2D eigenvalue weighted by Crippen LogP contribution is -2.44. The number of anilines is 2. The van der Waals surface area contributed by atoms with Crippen LogP contribution in [0.1, 0.15) is 24.0 Å². The Kier molecular flexibility index (Phi) is 6.52. The molecule has 0 aliphatic carbocycles. The van der Waals surface area contributed by atoms with Crippen molar-refractivity contribution in [1.82, 2.24) is 14.1 Å². The van der Waals surface area contributed by atoms with Crippen LogP contribution >= 0.6 is 0 Å². The zero-order chi connectivity index (χ0) is 25.1. The van der Waals surface area contributed by atoms with Crippen molar-refractivity contribution in [3.05, 3.63) is 88.5 Å². The van der Waals surface area contributed by atoms with Gasteiger partial charge in [0.1, 0.15) is 35.0 Å². The van der Waals surface area contributed by atoms with Gasteiger partial charge in [0, 0.05) is 31.4 Å². The van der Waals surface area contributed by atoms with E-state index in [1.165, 1.54) is 10.9 Å². The molecule has 3 N–H and O–H groups in total. The number of nitrogens with one attached hydrogen (secondary N) is 1. The first-order valence-corrected chi connectivity index (χ1v) is 12.0. The minimum Gasteiger partial charge on any atom is -0.355 e. The average molecular weight is 482 g/mol. The predicted molar refractivity (Wildman–Crippen MR) is 139 cm³/mol. The van der Waals surface area contributed by atoms with Gasteiger partial charge >= 0.3 is 0 Å². The monoisotopic (exact) mass is 481 g/mol. The van der Waals surface area contributed by atoms with E-state index in [1.54, 1.807) is 12.1 Å². The lowest BCUT2D eigenvalue weighted by molar-refractivity contribution is -0.116. The highest BCUT2D eigenvalue weighted by Gasteiger charge is 2.28. The number of hydrogen-bond donors (Lipinski definition) is 2. The van der Waals surface area contributed by atoms with Crippen molar-refractivity contribution in [3.63, 3.8) is 0 Å². The van der Waals surface area contributed by atoms with E-state index >= 15 is 0 Å². The molecule has 5 rings (SSSR count). The molecule has 0 bridgehead atoms. The second-order valence-corrected chi connectivity index (χ2v) is 9.02. The van der Waals surface area contributed by atoms with Gasteiger partial charge in [-0.1, -0.05) is 48.5 Å². The Morgan fingerprint density at radius 2 is 1.86 bits per heavy atom. The second-order valence-electron chi connectivity index (χ2n) is 9.02. The fourth-order valence-electron chi connectivity index (χ4n) is 4.79. The molecule has 1 aliphatic heterocycles. The lowest BCUT2D eigenvalue weighted by atomic mass is 10.1. The molecule has 1 saturated heterocycles. The number of carbonyl (C=O) groups is 1. The van der Waals surface area contributed by atoms with E-state index in [4.69, 9.17) is 5.73 Å². The third kappa shape index (κ3) is 4.59. The molecule has 36 heavy (non-hydrogen) atoms. The number of aromatic nitrogens is 3. The van der Waals surface area contributed by atoms with Crippen LogP contribution in [0.15, 0.2) is 71.8 Å². The van der Waals surface area contributed by atoms with Crippen LogP contribution in [0.4, 0.5) is 11.5 Å². The minimum atomic E-state index is -0.372. The number of hydrogen-bond acceptors (Lipinski definition) is 6. The van der Waals surface area contributed by atoms with E-state index in [2.05, 4.69) is 21.3 Å². The average Bonchev–Trinajstić information content (AvgIpc) is 3.20. The molecule has 0 radical (unpaired) electrons. The van der Waals surface area contributed by atoms with Crippen LogP contribution in [0, 0.1) is 11.3 Å². The number of amides is 1. The van der Waals surface area contributed by atoms with Crippen molar-refractivity contribution in [3.8, 4) is 6.07 Å². The maximum atomic E-state index is 13.7. The molecular weight excluding hydrogens is 454 g/mol.